The first-order chi connectivity index (χ1) is 10.4. The van der Waals surface area contributed by atoms with Crippen molar-refractivity contribution in [3.8, 4) is 0 Å². The number of amides is 2. The zero-order valence-corrected chi connectivity index (χ0v) is 12.0. The SMILES string of the molecule is C[C@H](NC(=O)[C@@H](CO)NC(=O)OCc1ccccc1)C(=O)O. The van der Waals surface area contributed by atoms with Gasteiger partial charge in [-0.3, -0.25) is 9.59 Å². The monoisotopic (exact) mass is 310 g/mol. The highest BCUT2D eigenvalue weighted by molar-refractivity contribution is 5.89. The van der Waals surface area contributed by atoms with Crippen molar-refractivity contribution in [2.75, 3.05) is 6.61 Å². The molecule has 0 saturated heterocycles. The number of benzene rings is 1. The van der Waals surface area contributed by atoms with Gasteiger partial charge in [0, 0.05) is 0 Å². The number of aliphatic carboxylic acids is 1. The van der Waals surface area contributed by atoms with Crippen LogP contribution in [0, 0.1) is 0 Å². The van der Waals surface area contributed by atoms with E-state index in [1.165, 1.54) is 6.92 Å². The highest BCUT2D eigenvalue weighted by Crippen LogP contribution is 2.00. The van der Waals surface area contributed by atoms with Crippen LogP contribution < -0.4 is 10.6 Å². The molecule has 22 heavy (non-hydrogen) atoms. The van der Waals surface area contributed by atoms with Crippen molar-refractivity contribution in [1.82, 2.24) is 10.6 Å². The molecular formula is C14H18N2O6. The second-order valence-corrected chi connectivity index (χ2v) is 4.51. The molecule has 0 aliphatic carbocycles. The molecule has 0 saturated carbocycles. The van der Waals surface area contributed by atoms with Crippen molar-refractivity contribution in [3.63, 3.8) is 0 Å². The van der Waals surface area contributed by atoms with Gasteiger partial charge in [-0.2, -0.15) is 0 Å². The van der Waals surface area contributed by atoms with Crippen molar-refractivity contribution in [3.05, 3.63) is 35.9 Å². The number of rotatable bonds is 7. The number of carbonyl (C=O) groups is 3. The summed E-state index contributed by atoms with van der Waals surface area (Å²) in [6, 6.07) is 6.49. The van der Waals surface area contributed by atoms with E-state index in [1.807, 2.05) is 6.07 Å². The zero-order chi connectivity index (χ0) is 16.5. The second-order valence-electron chi connectivity index (χ2n) is 4.51. The van der Waals surface area contributed by atoms with Gasteiger partial charge in [0.2, 0.25) is 5.91 Å². The van der Waals surface area contributed by atoms with Crippen LogP contribution in [0.25, 0.3) is 0 Å². The normalized spacial score (nSPS) is 12.8. The van der Waals surface area contributed by atoms with E-state index in [-0.39, 0.29) is 6.61 Å². The predicted octanol–water partition coefficient (Wildman–Crippen LogP) is -0.137. The summed E-state index contributed by atoms with van der Waals surface area (Å²) >= 11 is 0. The number of nitrogens with one attached hydrogen (secondary N) is 2. The minimum atomic E-state index is -1.29. The van der Waals surface area contributed by atoms with Crippen LogP contribution in [-0.2, 0) is 20.9 Å². The summed E-state index contributed by atoms with van der Waals surface area (Å²) < 4.78 is 4.91. The lowest BCUT2D eigenvalue weighted by Crippen LogP contribution is -2.52. The van der Waals surface area contributed by atoms with Crippen LogP contribution in [0.4, 0.5) is 4.79 Å². The van der Waals surface area contributed by atoms with Crippen LogP contribution in [0.3, 0.4) is 0 Å². The smallest absolute Gasteiger partial charge is 0.408 e. The predicted molar refractivity (Wildman–Crippen MR) is 75.9 cm³/mol. The number of aliphatic hydroxyl groups excluding tert-OH is 1. The van der Waals surface area contributed by atoms with E-state index >= 15 is 0 Å². The maximum Gasteiger partial charge on any atom is 0.408 e. The zero-order valence-electron chi connectivity index (χ0n) is 12.0. The average Bonchev–Trinajstić information content (AvgIpc) is 2.51. The van der Waals surface area contributed by atoms with Gasteiger partial charge in [0.25, 0.3) is 0 Å². The third-order valence-corrected chi connectivity index (χ3v) is 2.73. The molecule has 2 amide bonds. The first kappa shape index (κ1) is 17.4. The molecule has 0 aliphatic heterocycles. The van der Waals surface area contributed by atoms with Crippen molar-refractivity contribution >= 4 is 18.0 Å². The van der Waals surface area contributed by atoms with E-state index in [2.05, 4.69) is 10.6 Å². The van der Waals surface area contributed by atoms with E-state index in [0.29, 0.717) is 0 Å². The molecule has 0 spiro atoms. The molecular weight excluding hydrogens is 292 g/mol. The number of hydrogen-bond acceptors (Lipinski definition) is 5. The van der Waals surface area contributed by atoms with Crippen molar-refractivity contribution in [2.24, 2.45) is 0 Å². The van der Waals surface area contributed by atoms with Crippen LogP contribution in [0.15, 0.2) is 30.3 Å². The highest BCUT2D eigenvalue weighted by atomic mass is 16.5. The Labute approximate surface area is 127 Å². The Kier molecular flexibility index (Phi) is 6.84. The largest absolute Gasteiger partial charge is 0.480 e. The lowest BCUT2D eigenvalue weighted by atomic mass is 10.2. The second kappa shape index (κ2) is 8.63. The maximum atomic E-state index is 11.7. The Balaban J connectivity index is 2.45. The number of ether oxygens (including phenoxy) is 1. The Morgan fingerprint density at radius 1 is 1.18 bits per heavy atom. The molecule has 0 aromatic heterocycles. The molecule has 8 heteroatoms. The van der Waals surface area contributed by atoms with Crippen LogP contribution >= 0.6 is 0 Å². The van der Waals surface area contributed by atoms with Crippen LogP contribution in [-0.4, -0.2) is 46.9 Å². The molecule has 0 heterocycles. The third-order valence-electron chi connectivity index (χ3n) is 2.73. The van der Waals surface area contributed by atoms with E-state index in [9.17, 15) is 14.4 Å². The highest BCUT2D eigenvalue weighted by Gasteiger charge is 2.23. The summed E-state index contributed by atoms with van der Waals surface area (Å²) in [7, 11) is 0. The summed E-state index contributed by atoms with van der Waals surface area (Å²) in [6.07, 6.45) is -0.888. The van der Waals surface area contributed by atoms with Gasteiger partial charge in [0.1, 0.15) is 18.7 Å². The maximum absolute atomic E-state index is 11.7. The van der Waals surface area contributed by atoms with E-state index in [0.717, 1.165) is 5.56 Å². The Morgan fingerprint density at radius 3 is 2.36 bits per heavy atom. The van der Waals surface area contributed by atoms with Gasteiger partial charge in [-0.15, -0.1) is 0 Å². The third kappa shape index (κ3) is 5.80. The first-order valence-corrected chi connectivity index (χ1v) is 6.55. The van der Waals surface area contributed by atoms with Gasteiger partial charge >= 0.3 is 12.1 Å². The molecule has 1 aromatic carbocycles. The van der Waals surface area contributed by atoms with Gasteiger partial charge in [-0.25, -0.2) is 4.79 Å². The minimum Gasteiger partial charge on any atom is -0.480 e. The number of carboxylic acid groups (broad SMARTS) is 1. The quantitative estimate of drug-likeness (QED) is 0.555. The number of carboxylic acids is 1. The van der Waals surface area contributed by atoms with E-state index in [1.54, 1.807) is 24.3 Å². The van der Waals surface area contributed by atoms with E-state index in [4.69, 9.17) is 14.9 Å². The fourth-order valence-corrected chi connectivity index (χ4v) is 1.48. The molecule has 4 N–H and O–H groups in total. The molecule has 120 valence electrons. The number of alkyl carbamates (subject to hydrolysis) is 1. The Bertz CT molecular complexity index is 519. The molecule has 0 unspecified atom stereocenters. The fourth-order valence-electron chi connectivity index (χ4n) is 1.48. The van der Waals surface area contributed by atoms with Crippen molar-refractivity contribution in [1.29, 1.82) is 0 Å². The first-order valence-electron chi connectivity index (χ1n) is 6.55. The Morgan fingerprint density at radius 2 is 1.82 bits per heavy atom. The number of hydrogen-bond donors (Lipinski definition) is 4. The number of carbonyl (C=O) groups excluding carboxylic acids is 2. The average molecular weight is 310 g/mol. The van der Waals surface area contributed by atoms with Gasteiger partial charge < -0.3 is 25.6 Å². The number of aliphatic hydroxyl groups is 1. The summed E-state index contributed by atoms with van der Waals surface area (Å²) in [5.74, 6) is -2.04. The summed E-state index contributed by atoms with van der Waals surface area (Å²) in [5, 5.41) is 22.1. The molecule has 0 radical (unpaired) electrons. The molecule has 0 bridgehead atoms. The summed E-state index contributed by atoms with van der Waals surface area (Å²) in [4.78, 5) is 33.9. The fraction of sp³-hybridized carbons (Fsp3) is 0.357. The minimum absolute atomic E-state index is 0.0119. The molecule has 8 nitrogen and oxygen atoms in total. The van der Waals surface area contributed by atoms with Crippen LogP contribution in [0.5, 0.6) is 0 Å². The summed E-state index contributed by atoms with van der Waals surface area (Å²) in [5.41, 5.74) is 0.766. The van der Waals surface area contributed by atoms with E-state index < -0.39 is 36.7 Å². The Hall–Kier alpha value is -2.61. The van der Waals surface area contributed by atoms with Crippen LogP contribution in [0.1, 0.15) is 12.5 Å². The molecule has 1 rings (SSSR count). The van der Waals surface area contributed by atoms with Gasteiger partial charge in [0.15, 0.2) is 0 Å². The summed E-state index contributed by atoms with van der Waals surface area (Å²) in [6.45, 7) is 0.596. The molecule has 2 atom stereocenters. The molecule has 0 fully saturated rings. The standard InChI is InChI=1S/C14H18N2O6/c1-9(13(19)20)15-12(18)11(7-17)16-14(21)22-8-10-5-3-2-4-6-10/h2-6,9,11,17H,7-8H2,1H3,(H,15,18)(H,16,21)(H,19,20)/t9-,11+/m0/s1. The van der Waals surface area contributed by atoms with Crippen molar-refractivity contribution < 1.29 is 29.3 Å². The van der Waals surface area contributed by atoms with Crippen LogP contribution in [0.2, 0.25) is 0 Å². The lowest BCUT2D eigenvalue weighted by Gasteiger charge is -2.17. The van der Waals surface area contributed by atoms with Gasteiger partial charge in [0.05, 0.1) is 6.61 Å². The topological polar surface area (TPSA) is 125 Å². The molecule has 1 aromatic rings. The van der Waals surface area contributed by atoms with Gasteiger partial charge in [-0.1, -0.05) is 30.3 Å². The molecule has 0 aliphatic rings. The van der Waals surface area contributed by atoms with Crippen molar-refractivity contribution in [2.45, 2.75) is 25.6 Å². The lowest BCUT2D eigenvalue weighted by molar-refractivity contribution is -0.141. The van der Waals surface area contributed by atoms with Gasteiger partial charge in [-0.05, 0) is 12.5 Å².